The zero-order valence-electron chi connectivity index (χ0n) is 30.0. The first-order valence-corrected chi connectivity index (χ1v) is 18.2. The Hall–Kier alpha value is -3.60. The first kappa shape index (κ1) is 38.8. The molecule has 2 saturated heterocycles. The van der Waals surface area contributed by atoms with Crippen LogP contribution in [0, 0.1) is 11.8 Å². The highest BCUT2D eigenvalue weighted by Crippen LogP contribution is 2.31. The van der Waals surface area contributed by atoms with Gasteiger partial charge in [-0.1, -0.05) is 24.4 Å². The second-order valence-corrected chi connectivity index (χ2v) is 12.9. The maximum Gasteiger partial charge on any atom is 0.421 e. The van der Waals surface area contributed by atoms with Gasteiger partial charge in [0.2, 0.25) is 0 Å². The topological polar surface area (TPSA) is 112 Å². The number of alkyl halides is 1. The molecule has 11 heteroatoms. The first-order valence-electron chi connectivity index (χ1n) is 17.5. The van der Waals surface area contributed by atoms with Gasteiger partial charge in [-0.25, -0.2) is 9.13 Å². The Morgan fingerprint density at radius 1 is 0.896 bits per heavy atom. The Balaban J connectivity index is 0.000000550. The van der Waals surface area contributed by atoms with Crippen LogP contribution in [0.3, 0.4) is 0 Å². The quantitative estimate of drug-likeness (QED) is 0.0769. The fourth-order valence-corrected chi connectivity index (χ4v) is 6.42. The summed E-state index contributed by atoms with van der Waals surface area (Å²) in [6, 6.07) is 16.9. The van der Waals surface area contributed by atoms with Crippen molar-refractivity contribution in [3.63, 3.8) is 0 Å². The molecule has 0 aliphatic carbocycles. The molecule has 48 heavy (non-hydrogen) atoms. The number of anilines is 3. The maximum absolute atomic E-state index is 5.85. The highest BCUT2D eigenvalue weighted by atomic mass is 35.5. The lowest BCUT2D eigenvalue weighted by Gasteiger charge is -2.34. The molecule has 0 spiro atoms. The van der Waals surface area contributed by atoms with Gasteiger partial charge in [0.15, 0.2) is 0 Å². The van der Waals surface area contributed by atoms with Crippen molar-refractivity contribution in [2.45, 2.75) is 51.4 Å². The number of nitrogen functional groups attached to an aromatic ring is 1. The number of quaternary nitrogens is 1. The lowest BCUT2D eigenvalue weighted by Crippen LogP contribution is -2.72. The van der Waals surface area contributed by atoms with Crippen LogP contribution in [0.15, 0.2) is 83.6 Å². The molecule has 6 N–H and O–H groups in total. The third-order valence-corrected chi connectivity index (χ3v) is 9.38. The fourth-order valence-electron chi connectivity index (χ4n) is 6.42. The van der Waals surface area contributed by atoms with Gasteiger partial charge in [-0.3, -0.25) is 0 Å². The SMILES string of the molecule is CCl.C[NH2+]/C=C\N(C)CN.Cn1cc[n+](C)c1N=Nc1ccc(N2CCCC(CCCC3CCN(c4ccc(N)cc4)CC3)CC2)cc1. The summed E-state index contributed by atoms with van der Waals surface area (Å²) in [5.74, 6) is 2.59. The minimum atomic E-state index is 0.574. The second-order valence-electron chi connectivity index (χ2n) is 12.9. The molecule has 2 fully saturated rings. The molecule has 10 nitrogen and oxygen atoms in total. The van der Waals surface area contributed by atoms with E-state index in [2.05, 4.69) is 68.0 Å². The van der Waals surface area contributed by atoms with Crippen molar-refractivity contribution in [1.29, 1.82) is 0 Å². The molecule has 2 aromatic carbocycles. The van der Waals surface area contributed by atoms with Gasteiger partial charge < -0.3 is 31.5 Å². The lowest BCUT2D eigenvalue weighted by atomic mass is 9.88. The van der Waals surface area contributed by atoms with Crippen molar-refractivity contribution in [3.05, 3.63) is 73.3 Å². The van der Waals surface area contributed by atoms with Gasteiger partial charge in [0, 0.05) is 61.8 Å². The van der Waals surface area contributed by atoms with E-state index >= 15 is 0 Å². The summed E-state index contributed by atoms with van der Waals surface area (Å²) in [5.41, 5.74) is 15.5. The molecule has 3 heterocycles. The number of aromatic nitrogens is 2. The number of imidazole rings is 1. The predicted octanol–water partition coefficient (Wildman–Crippen LogP) is 5.89. The van der Waals surface area contributed by atoms with Crippen molar-refractivity contribution in [3.8, 4) is 0 Å². The molecule has 2 aliphatic heterocycles. The summed E-state index contributed by atoms with van der Waals surface area (Å²) in [6.45, 7) is 5.24. The van der Waals surface area contributed by atoms with E-state index in [1.54, 1.807) is 0 Å². The number of halogens is 1. The van der Waals surface area contributed by atoms with Crippen LogP contribution in [0.5, 0.6) is 0 Å². The van der Waals surface area contributed by atoms with Gasteiger partial charge in [0.1, 0.15) is 11.9 Å². The minimum absolute atomic E-state index is 0.574. The molecule has 1 atom stereocenters. The fraction of sp³-hybridized carbons (Fsp3) is 0.541. The number of nitrogens with two attached hydrogens (primary N) is 3. The third-order valence-electron chi connectivity index (χ3n) is 9.38. The molecule has 0 amide bonds. The van der Waals surface area contributed by atoms with Gasteiger partial charge in [-0.05, 0) is 92.5 Å². The molecular weight excluding hydrogens is 620 g/mol. The third kappa shape index (κ3) is 12.8. The number of aryl methyl sites for hydroxylation is 2. The van der Waals surface area contributed by atoms with Crippen LogP contribution in [0.4, 0.5) is 28.7 Å². The number of nitrogens with zero attached hydrogens (tertiary/aromatic N) is 7. The largest absolute Gasteiger partial charge is 0.421 e. The van der Waals surface area contributed by atoms with Crippen LogP contribution in [0.1, 0.15) is 51.4 Å². The van der Waals surface area contributed by atoms with Gasteiger partial charge in [0.25, 0.3) is 0 Å². The summed E-state index contributed by atoms with van der Waals surface area (Å²) in [6.07, 6.45) is 20.1. The summed E-state index contributed by atoms with van der Waals surface area (Å²) >= 11 is 4.64. The van der Waals surface area contributed by atoms with E-state index in [0.29, 0.717) is 6.67 Å². The van der Waals surface area contributed by atoms with E-state index < -0.39 is 0 Å². The zero-order valence-corrected chi connectivity index (χ0v) is 30.8. The number of hydrogen-bond acceptors (Lipinski definition) is 7. The van der Waals surface area contributed by atoms with Crippen LogP contribution in [-0.4, -0.2) is 62.8 Å². The Bertz CT molecular complexity index is 1330. The van der Waals surface area contributed by atoms with Crippen molar-refractivity contribution >= 4 is 40.3 Å². The van der Waals surface area contributed by atoms with Crippen LogP contribution in [-0.2, 0) is 14.1 Å². The Kier molecular flexibility index (Phi) is 17.3. The van der Waals surface area contributed by atoms with Crippen LogP contribution in [0.2, 0.25) is 0 Å². The highest BCUT2D eigenvalue weighted by molar-refractivity contribution is 6.15. The molecular formula is C37H61ClN10+2. The number of hydrogen-bond donors (Lipinski definition) is 3. The molecule has 2 aliphatic rings. The zero-order chi connectivity index (χ0) is 34.7. The Labute approximate surface area is 294 Å². The van der Waals surface area contributed by atoms with Crippen LogP contribution >= 0.6 is 11.6 Å². The van der Waals surface area contributed by atoms with Crippen molar-refractivity contribution < 1.29 is 9.88 Å². The van der Waals surface area contributed by atoms with E-state index in [1.165, 1.54) is 82.2 Å². The normalized spacial score (nSPS) is 17.1. The van der Waals surface area contributed by atoms with Gasteiger partial charge in [0.05, 0.1) is 46.4 Å². The highest BCUT2D eigenvalue weighted by Gasteiger charge is 2.21. The van der Waals surface area contributed by atoms with E-state index in [1.807, 2.05) is 84.5 Å². The summed E-state index contributed by atoms with van der Waals surface area (Å²) in [4.78, 5) is 6.99. The Morgan fingerprint density at radius 3 is 2.00 bits per heavy atom. The molecule has 1 aromatic heterocycles. The standard InChI is InChI=1S/C31H44N7.C5H13N3.CH3Cl/c1-35-23-24-36(2)31(35)34-33-28-10-14-30(15-11-28)37-19-4-7-25(16-20-37)5-3-6-26-17-21-38(22-18-26)29-12-8-27(32)9-13-29;1-7-3-4-8(2)5-6;1-2/h8-15,23-26H,3-7,16-22,32H2,1-2H3;3-4,7H,5-6H2,1-2H3;1H3/q+1;;/p+1/b;4-3-;. The summed E-state index contributed by atoms with van der Waals surface area (Å²) < 4.78 is 3.94. The molecule has 0 radical (unpaired) electrons. The molecule has 0 bridgehead atoms. The summed E-state index contributed by atoms with van der Waals surface area (Å²) in [7, 11) is 7.87. The van der Waals surface area contributed by atoms with E-state index in [0.717, 1.165) is 42.2 Å². The number of benzene rings is 2. The molecule has 5 rings (SSSR count). The number of piperidine rings is 1. The van der Waals surface area contributed by atoms with E-state index in [4.69, 9.17) is 11.5 Å². The Morgan fingerprint density at radius 2 is 1.46 bits per heavy atom. The minimum Gasteiger partial charge on any atom is -0.399 e. The van der Waals surface area contributed by atoms with Gasteiger partial charge in [-0.15, -0.1) is 11.6 Å². The average Bonchev–Trinajstić information content (AvgIpc) is 3.28. The summed E-state index contributed by atoms with van der Waals surface area (Å²) in [5, 5.41) is 10.8. The smallest absolute Gasteiger partial charge is 0.399 e. The maximum atomic E-state index is 5.85. The van der Waals surface area contributed by atoms with E-state index in [-0.39, 0.29) is 0 Å². The second kappa shape index (κ2) is 21.4. The monoisotopic (exact) mass is 680 g/mol. The molecule has 264 valence electrons. The number of azo groups is 1. The average molecular weight is 681 g/mol. The first-order chi connectivity index (χ1) is 23.4. The lowest BCUT2D eigenvalue weighted by molar-refractivity contribution is -0.657. The van der Waals surface area contributed by atoms with Crippen molar-refractivity contribution in [2.24, 2.45) is 41.9 Å². The van der Waals surface area contributed by atoms with Gasteiger partial charge >= 0.3 is 5.95 Å². The van der Waals surface area contributed by atoms with Crippen molar-refractivity contribution in [2.75, 3.05) is 68.9 Å². The number of rotatable bonds is 11. The molecule has 0 saturated carbocycles. The van der Waals surface area contributed by atoms with E-state index in [9.17, 15) is 0 Å². The molecule has 3 aromatic rings. The van der Waals surface area contributed by atoms with Crippen LogP contribution in [0.25, 0.3) is 0 Å². The van der Waals surface area contributed by atoms with Crippen molar-refractivity contribution in [1.82, 2.24) is 9.47 Å². The van der Waals surface area contributed by atoms with Gasteiger partial charge in [-0.2, -0.15) is 0 Å². The molecule has 1 unspecified atom stereocenters. The van der Waals surface area contributed by atoms with Crippen LogP contribution < -0.4 is 31.2 Å². The predicted molar refractivity (Wildman–Crippen MR) is 202 cm³/mol.